The molecule has 0 aliphatic carbocycles. The molecule has 7 heteroatoms. The van der Waals surface area contributed by atoms with Crippen LogP contribution in [0, 0.1) is 13.8 Å². The zero-order valence-corrected chi connectivity index (χ0v) is 21.2. The molecule has 0 saturated heterocycles. The summed E-state index contributed by atoms with van der Waals surface area (Å²) in [4.78, 5) is 28.2. The van der Waals surface area contributed by atoms with Gasteiger partial charge < -0.3 is 25.6 Å². The second-order valence-electron chi connectivity index (χ2n) is 9.10. The molecule has 188 valence electrons. The van der Waals surface area contributed by atoms with Gasteiger partial charge in [-0.05, 0) is 73.2 Å². The quantitative estimate of drug-likeness (QED) is 0.379. The van der Waals surface area contributed by atoms with E-state index >= 15 is 0 Å². The normalized spacial score (nSPS) is 12.6. The highest BCUT2D eigenvalue weighted by Gasteiger charge is 2.22. The Kier molecular flexibility index (Phi) is 8.23. The number of aryl methyl sites for hydroxylation is 1. The molecule has 0 saturated carbocycles. The number of nitrogens with zero attached hydrogens (tertiary/aromatic N) is 1. The van der Waals surface area contributed by atoms with Crippen LogP contribution in [0.1, 0.15) is 39.0 Å². The van der Waals surface area contributed by atoms with Crippen molar-refractivity contribution in [3.05, 3.63) is 88.5 Å². The van der Waals surface area contributed by atoms with Gasteiger partial charge >= 0.3 is 6.03 Å². The third-order valence-corrected chi connectivity index (χ3v) is 6.63. The summed E-state index contributed by atoms with van der Waals surface area (Å²) < 4.78 is 5.09. The lowest BCUT2D eigenvalue weighted by Gasteiger charge is -2.32. The number of carbonyl (C=O) groups excluding carboxylic acids is 2. The Bertz CT molecular complexity index is 1240. The van der Waals surface area contributed by atoms with Crippen LogP contribution in [0.2, 0.25) is 0 Å². The van der Waals surface area contributed by atoms with Crippen LogP contribution in [-0.4, -0.2) is 38.7 Å². The number of nitrogens with one attached hydrogen (secondary N) is 3. The fourth-order valence-electron chi connectivity index (χ4n) is 4.46. The van der Waals surface area contributed by atoms with E-state index in [2.05, 4.69) is 39.0 Å². The van der Waals surface area contributed by atoms with Gasteiger partial charge in [0.15, 0.2) is 0 Å². The third kappa shape index (κ3) is 6.04. The minimum absolute atomic E-state index is 0.168. The molecule has 0 aromatic heterocycles. The molecule has 0 spiro atoms. The Morgan fingerprint density at radius 3 is 2.58 bits per heavy atom. The van der Waals surface area contributed by atoms with Crippen molar-refractivity contribution in [1.29, 1.82) is 0 Å². The Hall–Kier alpha value is -3.84. The molecule has 0 bridgehead atoms. The van der Waals surface area contributed by atoms with Crippen molar-refractivity contribution in [2.45, 2.75) is 33.2 Å². The summed E-state index contributed by atoms with van der Waals surface area (Å²) in [6, 6.07) is 19.4. The van der Waals surface area contributed by atoms with Crippen molar-refractivity contribution in [2.75, 3.05) is 42.3 Å². The predicted molar refractivity (Wildman–Crippen MR) is 145 cm³/mol. The van der Waals surface area contributed by atoms with E-state index in [0.717, 1.165) is 48.4 Å². The van der Waals surface area contributed by atoms with Crippen molar-refractivity contribution in [1.82, 2.24) is 5.32 Å². The molecule has 0 fully saturated rings. The highest BCUT2D eigenvalue weighted by molar-refractivity contribution is 6.04. The van der Waals surface area contributed by atoms with E-state index < -0.39 is 0 Å². The number of hydrogen-bond acceptors (Lipinski definition) is 4. The standard InChI is InChI=1S/C29H34N4O3/c1-20-8-6-11-26(21(20)2)32-29(35)31-24-12-13-27(25(18-24)28(34)30-15-7-17-36-3)33-16-14-22-9-4-5-10-23(22)19-33/h4-6,8-13,18H,7,14-17,19H2,1-3H3,(H,30,34)(H2,31,32,35). The SMILES string of the molecule is COCCCNC(=O)c1cc(NC(=O)Nc2cccc(C)c2C)ccc1N1CCc2ccccc2C1. The number of fused-ring (bicyclic) bond motifs is 1. The van der Waals surface area contributed by atoms with Gasteiger partial charge in [0, 0.05) is 50.4 Å². The number of methoxy groups -OCH3 is 1. The number of benzene rings is 3. The number of urea groups is 1. The smallest absolute Gasteiger partial charge is 0.323 e. The van der Waals surface area contributed by atoms with E-state index in [-0.39, 0.29) is 11.9 Å². The van der Waals surface area contributed by atoms with Gasteiger partial charge in [-0.3, -0.25) is 4.79 Å². The van der Waals surface area contributed by atoms with E-state index in [1.54, 1.807) is 13.2 Å². The monoisotopic (exact) mass is 486 g/mol. The summed E-state index contributed by atoms with van der Waals surface area (Å²) in [6.07, 6.45) is 1.65. The predicted octanol–water partition coefficient (Wildman–Crippen LogP) is 5.28. The van der Waals surface area contributed by atoms with Crippen LogP contribution in [0.15, 0.2) is 60.7 Å². The Labute approximate surface area is 212 Å². The van der Waals surface area contributed by atoms with Crippen molar-refractivity contribution in [3.8, 4) is 0 Å². The van der Waals surface area contributed by atoms with Crippen LogP contribution >= 0.6 is 0 Å². The van der Waals surface area contributed by atoms with Gasteiger partial charge in [0.25, 0.3) is 5.91 Å². The molecule has 3 N–H and O–H groups in total. The average molecular weight is 487 g/mol. The van der Waals surface area contributed by atoms with E-state index in [1.807, 2.05) is 50.2 Å². The summed E-state index contributed by atoms with van der Waals surface area (Å²) >= 11 is 0. The largest absolute Gasteiger partial charge is 0.385 e. The molecule has 3 amide bonds. The van der Waals surface area contributed by atoms with Crippen LogP contribution in [0.4, 0.5) is 21.9 Å². The van der Waals surface area contributed by atoms with Crippen LogP contribution in [0.5, 0.6) is 0 Å². The van der Waals surface area contributed by atoms with Crippen LogP contribution in [0.25, 0.3) is 0 Å². The lowest BCUT2D eigenvalue weighted by molar-refractivity contribution is 0.0949. The summed E-state index contributed by atoms with van der Waals surface area (Å²) in [7, 11) is 1.65. The molecule has 0 unspecified atom stereocenters. The molecule has 0 atom stereocenters. The van der Waals surface area contributed by atoms with Crippen molar-refractivity contribution in [3.63, 3.8) is 0 Å². The van der Waals surface area contributed by atoms with Gasteiger partial charge in [-0.25, -0.2) is 4.79 Å². The fourth-order valence-corrected chi connectivity index (χ4v) is 4.46. The number of rotatable bonds is 8. The zero-order valence-electron chi connectivity index (χ0n) is 21.2. The van der Waals surface area contributed by atoms with Crippen LogP contribution in [0.3, 0.4) is 0 Å². The molecule has 36 heavy (non-hydrogen) atoms. The number of ether oxygens (including phenoxy) is 1. The van der Waals surface area contributed by atoms with Gasteiger partial charge in [-0.15, -0.1) is 0 Å². The highest BCUT2D eigenvalue weighted by Crippen LogP contribution is 2.30. The van der Waals surface area contributed by atoms with Gasteiger partial charge in [0.05, 0.1) is 5.56 Å². The van der Waals surface area contributed by atoms with Crippen LogP contribution in [-0.2, 0) is 17.7 Å². The topological polar surface area (TPSA) is 82.7 Å². The van der Waals surface area contributed by atoms with Crippen molar-refractivity contribution < 1.29 is 14.3 Å². The molecule has 4 rings (SSSR count). The first-order chi connectivity index (χ1) is 17.5. The molecule has 1 heterocycles. The van der Waals surface area contributed by atoms with E-state index in [0.29, 0.717) is 24.4 Å². The van der Waals surface area contributed by atoms with Gasteiger partial charge in [-0.2, -0.15) is 0 Å². The summed E-state index contributed by atoms with van der Waals surface area (Å²) in [5.74, 6) is -0.168. The summed E-state index contributed by atoms with van der Waals surface area (Å²) in [6.45, 7) is 6.63. The first-order valence-corrected chi connectivity index (χ1v) is 12.3. The van der Waals surface area contributed by atoms with Gasteiger partial charge in [0.1, 0.15) is 0 Å². The Morgan fingerprint density at radius 1 is 0.972 bits per heavy atom. The Morgan fingerprint density at radius 2 is 1.78 bits per heavy atom. The number of amides is 3. The lowest BCUT2D eigenvalue weighted by atomic mass is 9.98. The second kappa shape index (κ2) is 11.7. The van der Waals surface area contributed by atoms with E-state index in [9.17, 15) is 9.59 Å². The Balaban J connectivity index is 1.55. The second-order valence-corrected chi connectivity index (χ2v) is 9.10. The maximum absolute atomic E-state index is 13.2. The summed E-state index contributed by atoms with van der Waals surface area (Å²) in [5, 5.41) is 8.79. The number of carbonyl (C=O) groups is 2. The highest BCUT2D eigenvalue weighted by atomic mass is 16.5. The number of hydrogen-bond donors (Lipinski definition) is 3. The minimum Gasteiger partial charge on any atom is -0.385 e. The van der Waals surface area contributed by atoms with E-state index in [4.69, 9.17) is 4.74 Å². The molecular weight excluding hydrogens is 452 g/mol. The van der Waals surface area contributed by atoms with Crippen LogP contribution < -0.4 is 20.9 Å². The third-order valence-electron chi connectivity index (χ3n) is 6.63. The zero-order chi connectivity index (χ0) is 25.5. The summed E-state index contributed by atoms with van der Waals surface area (Å²) in [5.41, 5.74) is 7.45. The molecule has 7 nitrogen and oxygen atoms in total. The number of anilines is 3. The minimum atomic E-state index is -0.352. The molecule has 1 aliphatic rings. The van der Waals surface area contributed by atoms with Gasteiger partial charge in [0.2, 0.25) is 0 Å². The molecular formula is C29H34N4O3. The molecule has 0 radical (unpaired) electrons. The first kappa shape index (κ1) is 25.3. The molecule has 1 aliphatic heterocycles. The lowest BCUT2D eigenvalue weighted by Crippen LogP contribution is -2.33. The average Bonchev–Trinajstić information content (AvgIpc) is 2.89. The van der Waals surface area contributed by atoms with Crippen molar-refractivity contribution in [2.24, 2.45) is 0 Å². The van der Waals surface area contributed by atoms with Gasteiger partial charge in [-0.1, -0.05) is 36.4 Å². The first-order valence-electron chi connectivity index (χ1n) is 12.3. The fraction of sp³-hybridized carbons (Fsp3) is 0.310. The maximum Gasteiger partial charge on any atom is 0.323 e. The van der Waals surface area contributed by atoms with E-state index in [1.165, 1.54) is 11.1 Å². The van der Waals surface area contributed by atoms with Crippen molar-refractivity contribution >= 4 is 29.0 Å². The molecule has 3 aromatic rings. The molecule has 3 aromatic carbocycles. The maximum atomic E-state index is 13.2.